The Kier molecular flexibility index (Phi) is 5.35. The van der Waals surface area contributed by atoms with Crippen molar-refractivity contribution in [1.29, 1.82) is 0 Å². The highest BCUT2D eigenvalue weighted by Gasteiger charge is 2.07. The molecular formula is C14H15N3O2S. The Bertz CT molecular complexity index is 608. The molecule has 0 atom stereocenters. The number of carbonyl (C=O) groups excluding carboxylic acids is 1. The van der Waals surface area contributed by atoms with Gasteiger partial charge in [-0.3, -0.25) is 4.79 Å². The summed E-state index contributed by atoms with van der Waals surface area (Å²) < 4.78 is 0. The minimum Gasteiger partial charge on any atom is -0.395 e. The van der Waals surface area contributed by atoms with E-state index in [2.05, 4.69) is 27.1 Å². The van der Waals surface area contributed by atoms with Crippen molar-refractivity contribution in [1.82, 2.24) is 15.3 Å². The third kappa shape index (κ3) is 4.23. The van der Waals surface area contributed by atoms with Gasteiger partial charge in [0.25, 0.3) is 5.91 Å². The molecule has 0 saturated carbocycles. The van der Waals surface area contributed by atoms with Crippen LogP contribution in [-0.2, 0) is 6.42 Å². The lowest BCUT2D eigenvalue weighted by atomic mass is 10.2. The fourth-order valence-corrected chi connectivity index (χ4v) is 2.32. The number of carbonyl (C=O) groups is 1. The number of hydrogen-bond donors (Lipinski definition) is 3. The van der Waals surface area contributed by atoms with Crippen molar-refractivity contribution in [3.63, 3.8) is 0 Å². The summed E-state index contributed by atoms with van der Waals surface area (Å²) in [6.07, 6.45) is 4.53. The quantitative estimate of drug-likeness (QED) is 0.723. The number of thiophene rings is 1. The molecule has 2 aromatic heterocycles. The second kappa shape index (κ2) is 7.48. The van der Waals surface area contributed by atoms with Crippen LogP contribution in [-0.4, -0.2) is 34.1 Å². The molecule has 0 aliphatic heterocycles. The third-order valence-electron chi connectivity index (χ3n) is 2.54. The Hall–Kier alpha value is -2.10. The SMILES string of the molecule is O=C(NCCc1cnc[nH]1)c1csc(C#CCCO)c1. The molecule has 5 nitrogen and oxygen atoms in total. The summed E-state index contributed by atoms with van der Waals surface area (Å²) in [4.78, 5) is 19.6. The van der Waals surface area contributed by atoms with Crippen LogP contribution >= 0.6 is 11.3 Å². The molecule has 1 amide bonds. The van der Waals surface area contributed by atoms with E-state index in [1.54, 1.807) is 24.0 Å². The van der Waals surface area contributed by atoms with Crippen LogP contribution < -0.4 is 5.32 Å². The van der Waals surface area contributed by atoms with Crippen LogP contribution in [0.3, 0.4) is 0 Å². The Labute approximate surface area is 121 Å². The molecule has 2 rings (SSSR count). The van der Waals surface area contributed by atoms with Gasteiger partial charge in [0.05, 0.1) is 23.4 Å². The van der Waals surface area contributed by atoms with Crippen molar-refractivity contribution in [2.75, 3.05) is 13.2 Å². The zero-order valence-corrected chi connectivity index (χ0v) is 11.7. The third-order valence-corrected chi connectivity index (χ3v) is 3.39. The summed E-state index contributed by atoms with van der Waals surface area (Å²) in [5, 5.41) is 13.3. The number of imidazole rings is 1. The van der Waals surface area contributed by atoms with Gasteiger partial charge in [0.2, 0.25) is 0 Å². The van der Waals surface area contributed by atoms with Crippen LogP contribution in [0.25, 0.3) is 0 Å². The fraction of sp³-hybridized carbons (Fsp3) is 0.286. The van der Waals surface area contributed by atoms with Gasteiger partial charge in [-0.1, -0.05) is 11.8 Å². The first-order valence-corrected chi connectivity index (χ1v) is 7.11. The van der Waals surface area contributed by atoms with Gasteiger partial charge in [0.15, 0.2) is 0 Å². The lowest BCUT2D eigenvalue weighted by molar-refractivity contribution is 0.0954. The van der Waals surface area contributed by atoms with Crippen molar-refractivity contribution in [2.45, 2.75) is 12.8 Å². The number of rotatable bonds is 5. The summed E-state index contributed by atoms with van der Waals surface area (Å²) >= 11 is 1.43. The zero-order chi connectivity index (χ0) is 14.2. The number of nitrogens with zero attached hydrogens (tertiary/aromatic N) is 1. The summed E-state index contributed by atoms with van der Waals surface area (Å²) in [5.74, 6) is 5.65. The van der Waals surface area contributed by atoms with Crippen molar-refractivity contribution in [3.05, 3.63) is 40.1 Å². The summed E-state index contributed by atoms with van der Waals surface area (Å²) in [7, 11) is 0. The van der Waals surface area contributed by atoms with Crippen LogP contribution in [0.4, 0.5) is 0 Å². The van der Waals surface area contributed by atoms with Crippen LogP contribution in [0, 0.1) is 11.8 Å². The predicted octanol–water partition coefficient (Wildman–Crippen LogP) is 1.18. The Morgan fingerprint density at radius 3 is 3.20 bits per heavy atom. The molecule has 0 fully saturated rings. The van der Waals surface area contributed by atoms with Crippen LogP contribution in [0.15, 0.2) is 24.0 Å². The van der Waals surface area contributed by atoms with E-state index in [-0.39, 0.29) is 12.5 Å². The minimum absolute atomic E-state index is 0.0549. The standard InChI is InChI=1S/C14H15N3O2S/c18-6-2-1-3-13-7-11(9-20-13)14(19)16-5-4-12-8-15-10-17-12/h7-10,18H,2,4-6H2,(H,15,17)(H,16,19). The first-order chi connectivity index (χ1) is 9.79. The van der Waals surface area contributed by atoms with Gasteiger partial charge < -0.3 is 15.4 Å². The van der Waals surface area contributed by atoms with Crippen LogP contribution in [0.2, 0.25) is 0 Å². The Morgan fingerprint density at radius 2 is 2.45 bits per heavy atom. The molecule has 0 aliphatic rings. The van der Waals surface area contributed by atoms with E-state index < -0.39 is 0 Å². The number of aliphatic hydroxyl groups excluding tert-OH is 1. The van der Waals surface area contributed by atoms with Crippen LogP contribution in [0.5, 0.6) is 0 Å². The van der Waals surface area contributed by atoms with Crippen molar-refractivity contribution < 1.29 is 9.90 Å². The van der Waals surface area contributed by atoms with Crippen LogP contribution in [0.1, 0.15) is 27.3 Å². The number of H-pyrrole nitrogens is 1. The van der Waals surface area contributed by atoms with Gasteiger partial charge in [0, 0.05) is 36.7 Å². The number of aromatic nitrogens is 2. The maximum Gasteiger partial charge on any atom is 0.252 e. The van der Waals surface area contributed by atoms with E-state index in [0.717, 1.165) is 17.0 Å². The van der Waals surface area contributed by atoms with E-state index in [1.165, 1.54) is 11.3 Å². The second-order valence-corrected chi connectivity index (χ2v) is 4.97. The molecule has 0 aliphatic carbocycles. The molecule has 0 aromatic carbocycles. The monoisotopic (exact) mass is 289 g/mol. The number of amides is 1. The van der Waals surface area contributed by atoms with E-state index in [0.29, 0.717) is 18.5 Å². The average molecular weight is 289 g/mol. The highest BCUT2D eigenvalue weighted by Crippen LogP contribution is 2.13. The number of nitrogens with one attached hydrogen (secondary N) is 2. The number of hydrogen-bond acceptors (Lipinski definition) is 4. The molecule has 0 bridgehead atoms. The minimum atomic E-state index is -0.101. The van der Waals surface area contributed by atoms with Gasteiger partial charge in [-0.05, 0) is 6.07 Å². The number of aromatic amines is 1. The lowest BCUT2D eigenvalue weighted by Crippen LogP contribution is -2.25. The Morgan fingerprint density at radius 1 is 1.55 bits per heavy atom. The zero-order valence-electron chi connectivity index (χ0n) is 10.8. The van der Waals surface area contributed by atoms with Gasteiger partial charge >= 0.3 is 0 Å². The molecule has 0 saturated heterocycles. The second-order valence-electron chi connectivity index (χ2n) is 4.06. The van der Waals surface area contributed by atoms with E-state index >= 15 is 0 Å². The largest absolute Gasteiger partial charge is 0.395 e. The molecule has 0 spiro atoms. The molecule has 2 aromatic rings. The van der Waals surface area contributed by atoms with E-state index in [4.69, 9.17) is 5.11 Å². The van der Waals surface area contributed by atoms with Crippen molar-refractivity contribution in [3.8, 4) is 11.8 Å². The summed E-state index contributed by atoms with van der Waals surface area (Å²) in [6, 6.07) is 1.76. The summed E-state index contributed by atoms with van der Waals surface area (Å²) in [5.41, 5.74) is 1.61. The maximum atomic E-state index is 11.9. The van der Waals surface area contributed by atoms with Gasteiger partial charge in [0.1, 0.15) is 0 Å². The van der Waals surface area contributed by atoms with Gasteiger partial charge in [-0.25, -0.2) is 4.98 Å². The Balaban J connectivity index is 1.82. The molecule has 6 heteroatoms. The molecule has 20 heavy (non-hydrogen) atoms. The van der Waals surface area contributed by atoms with Gasteiger partial charge in [-0.2, -0.15) is 0 Å². The van der Waals surface area contributed by atoms with Gasteiger partial charge in [-0.15, -0.1) is 11.3 Å². The number of aliphatic hydroxyl groups is 1. The smallest absolute Gasteiger partial charge is 0.252 e. The van der Waals surface area contributed by atoms with E-state index in [9.17, 15) is 4.79 Å². The lowest BCUT2D eigenvalue weighted by Gasteiger charge is -2.01. The highest BCUT2D eigenvalue weighted by atomic mass is 32.1. The average Bonchev–Trinajstić information content (AvgIpc) is 3.10. The highest BCUT2D eigenvalue weighted by molar-refractivity contribution is 7.10. The molecule has 3 N–H and O–H groups in total. The fourth-order valence-electron chi connectivity index (χ4n) is 1.56. The maximum absolute atomic E-state index is 11.9. The topological polar surface area (TPSA) is 78.0 Å². The molecule has 104 valence electrons. The molecule has 0 unspecified atom stereocenters. The summed E-state index contributed by atoms with van der Waals surface area (Å²) in [6.45, 7) is 0.613. The van der Waals surface area contributed by atoms with E-state index in [1.807, 2.05) is 0 Å². The predicted molar refractivity (Wildman–Crippen MR) is 77.5 cm³/mol. The normalized spacial score (nSPS) is 9.85. The molecule has 2 heterocycles. The first-order valence-electron chi connectivity index (χ1n) is 6.23. The van der Waals surface area contributed by atoms with Crippen molar-refractivity contribution >= 4 is 17.2 Å². The molecular weight excluding hydrogens is 274 g/mol. The van der Waals surface area contributed by atoms with Crippen molar-refractivity contribution in [2.24, 2.45) is 0 Å². The first kappa shape index (κ1) is 14.3. The molecule has 0 radical (unpaired) electrons.